The zero-order chi connectivity index (χ0) is 29.5. The predicted molar refractivity (Wildman–Crippen MR) is 154 cm³/mol. The fraction of sp³-hybridized carbons (Fsp3) is 0.231. The SMILES string of the molecule is C=CC(=O)O.C=CC(=O)O.CC(C)(N=NC(C)(C)C(N)=Nc1ccc(Cl)cc1)C(N)=Nc1ccc(Cl)cc1. The number of amidine groups is 2. The highest BCUT2D eigenvalue weighted by Crippen LogP contribution is 2.22. The third-order valence-electron chi connectivity index (χ3n) is 4.31. The van der Waals surface area contributed by atoms with Gasteiger partial charge in [-0.1, -0.05) is 36.4 Å². The third-order valence-corrected chi connectivity index (χ3v) is 4.81. The molecule has 0 heterocycles. The Kier molecular flexibility index (Phi) is 14.3. The summed E-state index contributed by atoms with van der Waals surface area (Å²) in [7, 11) is 0. The van der Waals surface area contributed by atoms with Crippen LogP contribution in [0.4, 0.5) is 11.4 Å². The van der Waals surface area contributed by atoms with E-state index in [0.717, 1.165) is 12.2 Å². The van der Waals surface area contributed by atoms with E-state index in [1.807, 2.05) is 27.7 Å². The van der Waals surface area contributed by atoms with Crippen molar-refractivity contribution in [3.05, 3.63) is 83.9 Å². The number of rotatable bonds is 8. The normalized spacial score (nSPS) is 11.9. The minimum Gasteiger partial charge on any atom is -0.478 e. The Labute approximate surface area is 232 Å². The van der Waals surface area contributed by atoms with Crippen LogP contribution in [0.2, 0.25) is 10.0 Å². The van der Waals surface area contributed by atoms with Gasteiger partial charge >= 0.3 is 11.9 Å². The molecule has 0 unspecified atom stereocenters. The first-order chi connectivity index (χ1) is 17.5. The highest BCUT2D eigenvalue weighted by molar-refractivity contribution is 6.30. The highest BCUT2D eigenvalue weighted by atomic mass is 35.5. The molecule has 2 aromatic carbocycles. The van der Waals surface area contributed by atoms with Crippen molar-refractivity contribution in [3.8, 4) is 0 Å². The summed E-state index contributed by atoms with van der Waals surface area (Å²) < 4.78 is 0. The summed E-state index contributed by atoms with van der Waals surface area (Å²) in [5.74, 6) is -1.32. The van der Waals surface area contributed by atoms with Gasteiger partial charge in [-0.2, -0.15) is 10.2 Å². The van der Waals surface area contributed by atoms with Crippen LogP contribution in [0.15, 0.2) is 94.1 Å². The molecular weight excluding hydrogens is 531 g/mol. The molecule has 2 rings (SSSR count). The van der Waals surface area contributed by atoms with E-state index in [-0.39, 0.29) is 0 Å². The van der Waals surface area contributed by atoms with E-state index in [4.69, 9.17) is 44.9 Å². The van der Waals surface area contributed by atoms with Crippen LogP contribution in [0.25, 0.3) is 0 Å². The maximum atomic E-state index is 9.25. The lowest BCUT2D eigenvalue weighted by Crippen LogP contribution is -2.39. The number of halogens is 2. The second-order valence-electron chi connectivity index (χ2n) is 8.35. The molecule has 38 heavy (non-hydrogen) atoms. The molecule has 0 atom stereocenters. The second kappa shape index (κ2) is 16.0. The van der Waals surface area contributed by atoms with Crippen LogP contribution in [0.3, 0.4) is 0 Å². The van der Waals surface area contributed by atoms with Gasteiger partial charge in [0, 0.05) is 22.2 Å². The van der Waals surface area contributed by atoms with Gasteiger partial charge in [-0.05, 0) is 76.2 Å². The molecule has 204 valence electrons. The lowest BCUT2D eigenvalue weighted by molar-refractivity contribution is -0.132. The predicted octanol–water partition coefficient (Wildman–Crippen LogP) is 6.19. The van der Waals surface area contributed by atoms with Crippen molar-refractivity contribution in [3.63, 3.8) is 0 Å². The molecule has 0 fully saturated rings. The highest BCUT2D eigenvalue weighted by Gasteiger charge is 2.27. The third kappa shape index (κ3) is 13.9. The molecule has 6 N–H and O–H groups in total. The fourth-order valence-corrected chi connectivity index (χ4v) is 2.19. The second-order valence-corrected chi connectivity index (χ2v) is 9.22. The molecule has 0 aliphatic rings. The van der Waals surface area contributed by atoms with Gasteiger partial charge in [0.05, 0.1) is 11.4 Å². The molecular formula is C26H32Cl2N6O4. The summed E-state index contributed by atoms with van der Waals surface area (Å²) >= 11 is 11.8. The minimum atomic E-state index is -0.981. The Morgan fingerprint density at radius 3 is 1.16 bits per heavy atom. The van der Waals surface area contributed by atoms with E-state index in [2.05, 4.69) is 33.4 Å². The average molecular weight is 563 g/mol. The number of azo groups is 1. The zero-order valence-corrected chi connectivity index (χ0v) is 23.1. The number of aliphatic carboxylic acids is 2. The van der Waals surface area contributed by atoms with Gasteiger partial charge in [0.25, 0.3) is 0 Å². The van der Waals surface area contributed by atoms with Crippen molar-refractivity contribution < 1.29 is 19.8 Å². The van der Waals surface area contributed by atoms with Crippen LogP contribution >= 0.6 is 23.2 Å². The first kappa shape index (κ1) is 34.0. The van der Waals surface area contributed by atoms with Gasteiger partial charge in [0.1, 0.15) is 22.7 Å². The summed E-state index contributed by atoms with van der Waals surface area (Å²) in [6, 6.07) is 14.1. The summed E-state index contributed by atoms with van der Waals surface area (Å²) in [6.45, 7) is 13.2. The van der Waals surface area contributed by atoms with E-state index >= 15 is 0 Å². The van der Waals surface area contributed by atoms with Crippen molar-refractivity contribution in [2.75, 3.05) is 0 Å². The van der Waals surface area contributed by atoms with Crippen LogP contribution in [-0.4, -0.2) is 44.9 Å². The number of hydrogen-bond donors (Lipinski definition) is 4. The van der Waals surface area contributed by atoms with Gasteiger partial charge in [-0.15, -0.1) is 0 Å². The Morgan fingerprint density at radius 2 is 0.947 bits per heavy atom. The Bertz CT molecular complexity index is 1100. The zero-order valence-electron chi connectivity index (χ0n) is 21.6. The topological polar surface area (TPSA) is 176 Å². The summed E-state index contributed by atoms with van der Waals surface area (Å²) in [4.78, 5) is 27.3. The average Bonchev–Trinajstić information content (AvgIpc) is 2.86. The standard InChI is InChI=1S/C20H24Cl2N6.2C3H4O2/c1-19(2,17(23)25-15-9-5-13(21)6-10-15)27-28-20(3,4)18(24)26-16-11-7-14(22)8-12-16;2*1-2-3(4)5/h5-12H,1-4H3,(H2,23,25)(H2,24,26);2*2H,1H2,(H,4,5). The van der Waals surface area contributed by atoms with Crippen LogP contribution in [0, 0.1) is 0 Å². The van der Waals surface area contributed by atoms with Crippen molar-refractivity contribution in [2.24, 2.45) is 31.7 Å². The number of benzene rings is 2. The molecule has 10 nitrogen and oxygen atoms in total. The molecule has 0 bridgehead atoms. The Morgan fingerprint density at radius 1 is 0.711 bits per heavy atom. The van der Waals surface area contributed by atoms with Crippen LogP contribution in [-0.2, 0) is 9.59 Å². The largest absolute Gasteiger partial charge is 0.478 e. The monoisotopic (exact) mass is 562 g/mol. The molecule has 0 aliphatic heterocycles. The van der Waals surface area contributed by atoms with E-state index in [1.54, 1.807) is 48.5 Å². The van der Waals surface area contributed by atoms with Gasteiger partial charge in [-0.25, -0.2) is 19.6 Å². The molecule has 0 aromatic heterocycles. The number of carbonyl (C=O) groups is 2. The van der Waals surface area contributed by atoms with E-state index in [9.17, 15) is 9.59 Å². The maximum absolute atomic E-state index is 9.25. The molecule has 0 radical (unpaired) electrons. The molecule has 2 aromatic rings. The smallest absolute Gasteiger partial charge is 0.327 e. The first-order valence-corrected chi connectivity index (χ1v) is 11.6. The van der Waals surface area contributed by atoms with Crippen molar-refractivity contribution >= 4 is 58.2 Å². The summed E-state index contributed by atoms with van der Waals surface area (Å²) in [5, 5.41) is 25.2. The van der Waals surface area contributed by atoms with Crippen LogP contribution < -0.4 is 11.5 Å². The van der Waals surface area contributed by atoms with E-state index in [1.165, 1.54) is 0 Å². The minimum absolute atomic E-state index is 0.322. The van der Waals surface area contributed by atoms with Crippen LogP contribution in [0.5, 0.6) is 0 Å². The van der Waals surface area contributed by atoms with E-state index in [0.29, 0.717) is 33.1 Å². The molecule has 12 heteroatoms. The number of aliphatic imine (C=N–C) groups is 2. The Hall–Kier alpha value is -4.02. The Balaban J connectivity index is 0.00000116. The van der Waals surface area contributed by atoms with E-state index < -0.39 is 23.0 Å². The molecule has 0 aliphatic carbocycles. The van der Waals surface area contributed by atoms with Gasteiger partial charge < -0.3 is 21.7 Å². The number of nitrogens with zero attached hydrogens (tertiary/aromatic N) is 4. The van der Waals surface area contributed by atoms with Crippen molar-refractivity contribution in [2.45, 2.75) is 38.8 Å². The fourth-order valence-electron chi connectivity index (χ4n) is 1.94. The number of carboxylic acids is 2. The molecule has 0 amide bonds. The van der Waals surface area contributed by atoms with Gasteiger partial charge in [0.2, 0.25) is 0 Å². The summed E-state index contributed by atoms with van der Waals surface area (Å²) in [5.41, 5.74) is 12.0. The molecule has 0 saturated heterocycles. The number of nitrogens with two attached hydrogens (primary N) is 2. The summed E-state index contributed by atoms with van der Waals surface area (Å²) in [6.07, 6.45) is 1.67. The number of hydrogen-bond acceptors (Lipinski definition) is 6. The molecule has 0 saturated carbocycles. The quantitative estimate of drug-likeness (QED) is 0.129. The van der Waals surface area contributed by atoms with Gasteiger partial charge in [0.15, 0.2) is 0 Å². The van der Waals surface area contributed by atoms with Gasteiger partial charge in [-0.3, -0.25) is 0 Å². The van der Waals surface area contributed by atoms with Crippen molar-refractivity contribution in [1.29, 1.82) is 0 Å². The van der Waals surface area contributed by atoms with Crippen molar-refractivity contribution in [1.82, 2.24) is 0 Å². The first-order valence-electron chi connectivity index (χ1n) is 10.9. The lowest BCUT2D eigenvalue weighted by atomic mass is 10.0. The molecule has 0 spiro atoms. The van der Waals surface area contributed by atoms with Crippen LogP contribution in [0.1, 0.15) is 27.7 Å². The lowest BCUT2D eigenvalue weighted by Gasteiger charge is -2.22. The number of carboxylic acid groups (broad SMARTS) is 2. The maximum Gasteiger partial charge on any atom is 0.327 e.